The molecule has 18 heavy (non-hydrogen) atoms. The summed E-state index contributed by atoms with van der Waals surface area (Å²) in [4.78, 5) is 12.0. The maximum absolute atomic E-state index is 12.0. The molecule has 1 aromatic carbocycles. The number of rotatable bonds is 4. The molecule has 0 radical (unpaired) electrons. The first-order valence-corrected chi connectivity index (χ1v) is 7.41. The first kappa shape index (κ1) is 13.6. The van der Waals surface area contributed by atoms with Gasteiger partial charge in [0.2, 0.25) is 0 Å². The van der Waals surface area contributed by atoms with Crippen molar-refractivity contribution in [2.24, 2.45) is 5.41 Å². The molecule has 2 N–H and O–H groups in total. The summed E-state index contributed by atoms with van der Waals surface area (Å²) in [5.41, 5.74) is 0.847. The zero-order valence-corrected chi connectivity index (χ0v) is 12.7. The first-order chi connectivity index (χ1) is 8.56. The van der Waals surface area contributed by atoms with Crippen molar-refractivity contribution in [3.8, 4) is 5.75 Å². The Morgan fingerprint density at radius 1 is 1.50 bits per heavy atom. The second kappa shape index (κ2) is 5.47. The van der Waals surface area contributed by atoms with Gasteiger partial charge < -0.3 is 10.4 Å². The van der Waals surface area contributed by atoms with Gasteiger partial charge in [-0.3, -0.25) is 4.79 Å². The number of nitrogens with one attached hydrogen (secondary N) is 1. The topological polar surface area (TPSA) is 49.3 Å². The minimum Gasteiger partial charge on any atom is -0.507 e. The van der Waals surface area contributed by atoms with Crippen molar-refractivity contribution >= 4 is 28.5 Å². The van der Waals surface area contributed by atoms with Gasteiger partial charge in [-0.15, -0.1) is 0 Å². The summed E-state index contributed by atoms with van der Waals surface area (Å²) in [5.74, 6) is 0.0681. The van der Waals surface area contributed by atoms with E-state index in [-0.39, 0.29) is 11.7 Å². The largest absolute Gasteiger partial charge is 0.507 e. The van der Waals surface area contributed by atoms with Crippen LogP contribution in [0.5, 0.6) is 5.75 Å². The Bertz CT molecular complexity index is 450. The monoisotopic (exact) mass is 359 g/mol. The fourth-order valence-corrected chi connectivity index (χ4v) is 2.69. The lowest BCUT2D eigenvalue weighted by molar-refractivity contribution is 0.0849. The van der Waals surface area contributed by atoms with E-state index in [1.807, 2.05) is 22.6 Å². The molecule has 0 atom stereocenters. The quantitative estimate of drug-likeness (QED) is 0.811. The van der Waals surface area contributed by atoms with Crippen molar-refractivity contribution in [1.29, 1.82) is 0 Å². The smallest absolute Gasteiger partial charge is 0.251 e. The van der Waals surface area contributed by atoms with E-state index in [4.69, 9.17) is 0 Å². The van der Waals surface area contributed by atoms with Crippen molar-refractivity contribution in [3.05, 3.63) is 27.3 Å². The van der Waals surface area contributed by atoms with Crippen LogP contribution >= 0.6 is 22.6 Å². The lowest BCUT2D eigenvalue weighted by Crippen LogP contribution is -2.41. The van der Waals surface area contributed by atoms with E-state index in [0.29, 0.717) is 11.0 Å². The number of hydrogen-bond donors (Lipinski definition) is 2. The number of halogens is 1. The molecule has 0 spiro atoms. The Hall–Kier alpha value is -0.780. The molecule has 1 saturated carbocycles. The molecule has 0 saturated heterocycles. The van der Waals surface area contributed by atoms with E-state index in [9.17, 15) is 9.90 Å². The van der Waals surface area contributed by atoms with E-state index >= 15 is 0 Å². The van der Waals surface area contributed by atoms with Crippen LogP contribution in [0.3, 0.4) is 0 Å². The Morgan fingerprint density at radius 2 is 2.22 bits per heavy atom. The number of phenols is 1. The highest BCUT2D eigenvalue weighted by Gasteiger charge is 2.35. The highest BCUT2D eigenvalue weighted by molar-refractivity contribution is 14.1. The number of phenolic OH excluding ortho intramolecular Hbond substituents is 1. The van der Waals surface area contributed by atoms with Crippen molar-refractivity contribution in [3.63, 3.8) is 0 Å². The van der Waals surface area contributed by atoms with E-state index in [1.165, 1.54) is 25.3 Å². The van der Waals surface area contributed by atoms with Crippen LogP contribution in [0.2, 0.25) is 0 Å². The molecule has 1 aliphatic carbocycles. The van der Waals surface area contributed by atoms with Crippen LogP contribution in [-0.2, 0) is 0 Å². The number of benzene rings is 1. The Kier molecular flexibility index (Phi) is 4.14. The minimum atomic E-state index is -0.0959. The molecule has 0 heterocycles. The summed E-state index contributed by atoms with van der Waals surface area (Å²) in [6, 6.07) is 5.02. The van der Waals surface area contributed by atoms with Crippen molar-refractivity contribution < 1.29 is 9.90 Å². The van der Waals surface area contributed by atoms with Crippen LogP contribution in [0.15, 0.2) is 18.2 Å². The van der Waals surface area contributed by atoms with Gasteiger partial charge in [0.25, 0.3) is 5.91 Å². The lowest BCUT2D eigenvalue weighted by atomic mass is 9.67. The zero-order chi connectivity index (χ0) is 13.2. The van der Waals surface area contributed by atoms with Gasteiger partial charge in [0.05, 0.1) is 3.57 Å². The van der Waals surface area contributed by atoms with Crippen molar-refractivity contribution in [2.75, 3.05) is 6.54 Å². The molecular formula is C14H18INO2. The average Bonchev–Trinajstić information content (AvgIpc) is 2.31. The van der Waals surface area contributed by atoms with Gasteiger partial charge in [0.1, 0.15) is 5.75 Å². The van der Waals surface area contributed by atoms with Gasteiger partial charge in [0, 0.05) is 12.1 Å². The molecule has 3 nitrogen and oxygen atoms in total. The van der Waals surface area contributed by atoms with E-state index < -0.39 is 0 Å². The molecule has 1 aromatic rings. The van der Waals surface area contributed by atoms with Crippen LogP contribution in [0.4, 0.5) is 0 Å². The summed E-state index contributed by atoms with van der Waals surface area (Å²) in [6.45, 7) is 2.93. The van der Waals surface area contributed by atoms with Crippen molar-refractivity contribution in [1.82, 2.24) is 5.32 Å². The van der Waals surface area contributed by atoms with Gasteiger partial charge >= 0.3 is 0 Å². The van der Waals surface area contributed by atoms with E-state index in [2.05, 4.69) is 12.2 Å². The predicted octanol–water partition coefficient (Wildman–Crippen LogP) is 3.31. The number of carbonyl (C=O) groups excluding carboxylic acids is 1. The molecule has 0 aliphatic heterocycles. The molecule has 1 fully saturated rings. The molecule has 98 valence electrons. The normalized spacial score (nSPS) is 17.0. The average molecular weight is 359 g/mol. The molecule has 2 rings (SSSR count). The third-order valence-corrected chi connectivity index (χ3v) is 4.91. The van der Waals surface area contributed by atoms with Crippen LogP contribution in [0, 0.1) is 8.99 Å². The molecule has 0 unspecified atom stereocenters. The zero-order valence-electron chi connectivity index (χ0n) is 10.5. The molecule has 1 amide bonds. The number of aromatic hydroxyl groups is 1. The highest BCUT2D eigenvalue weighted by Crippen LogP contribution is 2.43. The molecule has 1 aliphatic rings. The summed E-state index contributed by atoms with van der Waals surface area (Å²) in [7, 11) is 0. The van der Waals surface area contributed by atoms with Crippen LogP contribution in [0.25, 0.3) is 0 Å². The Balaban J connectivity index is 1.97. The van der Waals surface area contributed by atoms with Gasteiger partial charge in [0.15, 0.2) is 0 Å². The number of carbonyl (C=O) groups is 1. The molecule has 0 aromatic heterocycles. The Labute approximate surface area is 121 Å². The second-order valence-corrected chi connectivity index (χ2v) is 6.22. The van der Waals surface area contributed by atoms with Gasteiger partial charge in [-0.05, 0) is 65.5 Å². The summed E-state index contributed by atoms with van der Waals surface area (Å²) in [5, 5.41) is 12.6. The fourth-order valence-electron chi connectivity index (χ4n) is 2.36. The summed E-state index contributed by atoms with van der Waals surface area (Å²) >= 11 is 2.04. The summed E-state index contributed by atoms with van der Waals surface area (Å²) in [6.07, 6.45) is 4.81. The van der Waals surface area contributed by atoms with Crippen LogP contribution in [0.1, 0.15) is 43.0 Å². The maximum Gasteiger partial charge on any atom is 0.251 e. The fraction of sp³-hybridized carbons (Fsp3) is 0.500. The third kappa shape index (κ3) is 2.79. The SMILES string of the molecule is CCC1(CNC(=O)c2ccc(I)c(O)c2)CCC1. The maximum atomic E-state index is 12.0. The molecular weight excluding hydrogens is 341 g/mol. The van der Waals surface area contributed by atoms with E-state index in [0.717, 1.165) is 16.5 Å². The summed E-state index contributed by atoms with van der Waals surface area (Å²) < 4.78 is 0.758. The molecule has 4 heteroatoms. The minimum absolute atomic E-state index is 0.0959. The Morgan fingerprint density at radius 3 is 2.72 bits per heavy atom. The predicted molar refractivity (Wildman–Crippen MR) is 79.7 cm³/mol. The van der Waals surface area contributed by atoms with Crippen molar-refractivity contribution in [2.45, 2.75) is 32.6 Å². The first-order valence-electron chi connectivity index (χ1n) is 6.33. The second-order valence-electron chi connectivity index (χ2n) is 5.06. The van der Waals surface area contributed by atoms with Crippen LogP contribution < -0.4 is 5.32 Å². The van der Waals surface area contributed by atoms with Gasteiger partial charge in [-0.2, -0.15) is 0 Å². The highest BCUT2D eigenvalue weighted by atomic mass is 127. The standard InChI is InChI=1S/C14H18INO2/c1-2-14(6-3-7-14)9-16-13(18)10-4-5-11(15)12(17)8-10/h4-5,8,17H,2-3,6-7,9H2,1H3,(H,16,18). The number of amides is 1. The lowest BCUT2D eigenvalue weighted by Gasteiger charge is -2.41. The third-order valence-electron chi connectivity index (χ3n) is 4.00. The van der Waals surface area contributed by atoms with Crippen LogP contribution in [-0.4, -0.2) is 17.6 Å². The van der Waals surface area contributed by atoms with Gasteiger partial charge in [-0.1, -0.05) is 13.3 Å². The number of hydrogen-bond acceptors (Lipinski definition) is 2. The van der Waals surface area contributed by atoms with Gasteiger partial charge in [-0.25, -0.2) is 0 Å². The van der Waals surface area contributed by atoms with E-state index in [1.54, 1.807) is 12.1 Å². The molecule has 0 bridgehead atoms.